The number of anilines is 1. The molecule has 0 aliphatic carbocycles. The molecule has 134 valence electrons. The Bertz CT molecular complexity index is 1010. The predicted molar refractivity (Wildman–Crippen MR) is 109 cm³/mol. The number of fused-ring (bicyclic) bond motifs is 1. The van der Waals surface area contributed by atoms with E-state index in [0.29, 0.717) is 11.3 Å². The molecular formula is C21H22N2O2S. The molecule has 0 saturated heterocycles. The maximum atomic E-state index is 12.7. The highest BCUT2D eigenvalue weighted by molar-refractivity contribution is 7.99. The minimum Gasteiger partial charge on any atom is -0.322 e. The SMILES string of the molecule is CCSc1ccccc1C(=O)Nc1ccc2c(C(C)C)cc(=O)[nH]c2c1. The largest absolute Gasteiger partial charge is 0.322 e. The Kier molecular flexibility index (Phi) is 5.47. The third kappa shape index (κ3) is 3.83. The van der Waals surface area contributed by atoms with Crippen LogP contribution in [0.4, 0.5) is 5.69 Å². The van der Waals surface area contributed by atoms with Crippen molar-refractivity contribution in [1.82, 2.24) is 4.98 Å². The lowest BCUT2D eigenvalue weighted by Crippen LogP contribution is -2.13. The molecule has 1 heterocycles. The molecule has 4 nitrogen and oxygen atoms in total. The molecule has 3 rings (SSSR count). The van der Waals surface area contributed by atoms with Crippen molar-refractivity contribution in [2.75, 3.05) is 11.1 Å². The van der Waals surface area contributed by atoms with Crippen molar-refractivity contribution in [3.63, 3.8) is 0 Å². The Labute approximate surface area is 157 Å². The molecule has 0 aliphatic heterocycles. The molecule has 3 aromatic rings. The summed E-state index contributed by atoms with van der Waals surface area (Å²) in [5.74, 6) is 1.00. The lowest BCUT2D eigenvalue weighted by Gasteiger charge is -2.12. The molecule has 0 radical (unpaired) electrons. The molecule has 0 spiro atoms. The van der Waals surface area contributed by atoms with Crippen LogP contribution in [0.5, 0.6) is 0 Å². The van der Waals surface area contributed by atoms with Crippen molar-refractivity contribution in [1.29, 1.82) is 0 Å². The molecule has 2 N–H and O–H groups in total. The third-order valence-corrected chi connectivity index (χ3v) is 5.14. The van der Waals surface area contributed by atoms with Crippen LogP contribution in [0.15, 0.2) is 58.2 Å². The highest BCUT2D eigenvalue weighted by Gasteiger charge is 2.13. The number of hydrogen-bond donors (Lipinski definition) is 2. The number of H-pyrrole nitrogens is 1. The highest BCUT2D eigenvalue weighted by atomic mass is 32.2. The number of hydrogen-bond acceptors (Lipinski definition) is 3. The van der Waals surface area contributed by atoms with E-state index in [4.69, 9.17) is 0 Å². The van der Waals surface area contributed by atoms with Crippen molar-refractivity contribution >= 4 is 34.3 Å². The summed E-state index contributed by atoms with van der Waals surface area (Å²) in [5.41, 5.74) is 2.93. The van der Waals surface area contributed by atoms with Gasteiger partial charge in [0.25, 0.3) is 5.91 Å². The van der Waals surface area contributed by atoms with Crippen molar-refractivity contribution in [3.8, 4) is 0 Å². The van der Waals surface area contributed by atoms with Crippen LogP contribution < -0.4 is 10.9 Å². The number of carbonyl (C=O) groups is 1. The maximum Gasteiger partial charge on any atom is 0.256 e. The van der Waals surface area contributed by atoms with Gasteiger partial charge >= 0.3 is 0 Å². The topological polar surface area (TPSA) is 62.0 Å². The van der Waals surface area contributed by atoms with E-state index >= 15 is 0 Å². The fraction of sp³-hybridized carbons (Fsp3) is 0.238. The van der Waals surface area contributed by atoms with Crippen LogP contribution >= 0.6 is 11.8 Å². The van der Waals surface area contributed by atoms with Gasteiger partial charge in [-0.25, -0.2) is 0 Å². The Morgan fingerprint density at radius 3 is 2.65 bits per heavy atom. The quantitative estimate of drug-likeness (QED) is 0.624. The zero-order chi connectivity index (χ0) is 18.7. The van der Waals surface area contributed by atoms with Crippen LogP contribution in [-0.4, -0.2) is 16.6 Å². The zero-order valence-corrected chi connectivity index (χ0v) is 15.9. The van der Waals surface area contributed by atoms with Crippen molar-refractivity contribution in [3.05, 3.63) is 70.0 Å². The number of pyridine rings is 1. The van der Waals surface area contributed by atoms with Gasteiger partial charge in [0, 0.05) is 22.0 Å². The monoisotopic (exact) mass is 366 g/mol. The van der Waals surface area contributed by atoms with Crippen LogP contribution in [0, 0.1) is 0 Å². The van der Waals surface area contributed by atoms with Crippen molar-refractivity contribution in [2.24, 2.45) is 0 Å². The van der Waals surface area contributed by atoms with Crippen LogP contribution in [0.25, 0.3) is 10.9 Å². The molecule has 0 bridgehead atoms. The van der Waals surface area contributed by atoms with Crippen LogP contribution in [0.1, 0.15) is 42.6 Å². The molecule has 0 atom stereocenters. The highest BCUT2D eigenvalue weighted by Crippen LogP contribution is 2.26. The minimum atomic E-state index is -0.150. The maximum absolute atomic E-state index is 12.7. The predicted octanol–water partition coefficient (Wildman–Crippen LogP) is 5.02. The summed E-state index contributed by atoms with van der Waals surface area (Å²) in [6.07, 6.45) is 0. The van der Waals surface area contributed by atoms with Gasteiger partial charge in [0.05, 0.1) is 11.1 Å². The lowest BCUT2D eigenvalue weighted by molar-refractivity contribution is 0.102. The van der Waals surface area contributed by atoms with E-state index < -0.39 is 0 Å². The Morgan fingerprint density at radius 2 is 1.92 bits per heavy atom. The first-order valence-corrected chi connectivity index (χ1v) is 9.68. The van der Waals surface area contributed by atoms with Crippen LogP contribution in [0.3, 0.4) is 0 Å². The molecule has 5 heteroatoms. The molecule has 0 fully saturated rings. The second kappa shape index (κ2) is 7.79. The molecule has 1 aromatic heterocycles. The van der Waals surface area contributed by atoms with Crippen molar-refractivity contribution in [2.45, 2.75) is 31.6 Å². The fourth-order valence-electron chi connectivity index (χ4n) is 2.98. The van der Waals surface area contributed by atoms with E-state index in [1.54, 1.807) is 17.8 Å². The number of thioether (sulfide) groups is 1. The van der Waals surface area contributed by atoms with Gasteiger partial charge in [-0.1, -0.05) is 39.0 Å². The van der Waals surface area contributed by atoms with Gasteiger partial charge in [0.15, 0.2) is 0 Å². The third-order valence-electron chi connectivity index (χ3n) is 4.19. The lowest BCUT2D eigenvalue weighted by atomic mass is 9.99. The summed E-state index contributed by atoms with van der Waals surface area (Å²) < 4.78 is 0. The number of carbonyl (C=O) groups excluding carboxylic acids is 1. The zero-order valence-electron chi connectivity index (χ0n) is 15.1. The van der Waals surface area contributed by atoms with E-state index in [9.17, 15) is 9.59 Å². The number of nitrogens with one attached hydrogen (secondary N) is 2. The van der Waals surface area contributed by atoms with E-state index in [0.717, 1.165) is 27.1 Å². The number of benzene rings is 2. The van der Waals surface area contributed by atoms with Gasteiger partial charge in [-0.2, -0.15) is 0 Å². The Balaban J connectivity index is 1.95. The first-order valence-electron chi connectivity index (χ1n) is 8.69. The van der Waals surface area contributed by atoms with Crippen molar-refractivity contribution < 1.29 is 4.79 Å². The van der Waals surface area contributed by atoms with Crippen LogP contribution in [-0.2, 0) is 0 Å². The fourth-order valence-corrected chi connectivity index (χ4v) is 3.78. The summed E-state index contributed by atoms with van der Waals surface area (Å²) in [6, 6.07) is 14.9. The Morgan fingerprint density at radius 1 is 1.15 bits per heavy atom. The number of aromatic nitrogens is 1. The average Bonchev–Trinajstić information content (AvgIpc) is 2.61. The molecule has 0 aliphatic rings. The van der Waals surface area contributed by atoms with Crippen LogP contribution in [0.2, 0.25) is 0 Å². The van der Waals surface area contributed by atoms with Gasteiger partial charge in [0.1, 0.15) is 0 Å². The van der Waals surface area contributed by atoms with E-state index in [2.05, 4.69) is 31.1 Å². The van der Waals surface area contributed by atoms with E-state index in [1.165, 1.54) is 0 Å². The van der Waals surface area contributed by atoms with Gasteiger partial charge in [-0.05, 0) is 41.5 Å². The van der Waals surface area contributed by atoms with Gasteiger partial charge in [0.2, 0.25) is 5.56 Å². The van der Waals surface area contributed by atoms with E-state index in [1.807, 2.05) is 42.5 Å². The minimum absolute atomic E-state index is 0.130. The summed E-state index contributed by atoms with van der Waals surface area (Å²) in [4.78, 5) is 28.4. The smallest absolute Gasteiger partial charge is 0.256 e. The van der Waals surface area contributed by atoms with Gasteiger partial charge in [-0.15, -0.1) is 11.8 Å². The summed E-state index contributed by atoms with van der Waals surface area (Å²) in [6.45, 7) is 6.18. The second-order valence-corrected chi connectivity index (χ2v) is 7.69. The summed E-state index contributed by atoms with van der Waals surface area (Å²) in [7, 11) is 0. The number of amides is 1. The average molecular weight is 366 g/mol. The molecule has 26 heavy (non-hydrogen) atoms. The molecule has 1 amide bonds. The molecule has 2 aromatic carbocycles. The van der Waals surface area contributed by atoms with Gasteiger partial charge < -0.3 is 10.3 Å². The first-order chi connectivity index (χ1) is 12.5. The van der Waals surface area contributed by atoms with Gasteiger partial charge in [-0.3, -0.25) is 9.59 Å². The van der Waals surface area contributed by atoms with E-state index in [-0.39, 0.29) is 17.4 Å². The molecule has 0 unspecified atom stereocenters. The second-order valence-electron chi connectivity index (χ2n) is 6.39. The molecular weight excluding hydrogens is 344 g/mol. The normalized spacial score (nSPS) is 11.1. The Hall–Kier alpha value is -2.53. The summed E-state index contributed by atoms with van der Waals surface area (Å²) in [5, 5.41) is 3.94. The standard InChI is InChI=1S/C21H22N2O2S/c1-4-26-19-8-6-5-7-16(19)21(25)22-14-9-10-15-17(13(2)3)12-20(24)23-18(15)11-14/h5-13H,4H2,1-3H3,(H,22,25)(H,23,24). The number of rotatable bonds is 5. The number of aromatic amines is 1. The first kappa shape index (κ1) is 18.3. The summed E-state index contributed by atoms with van der Waals surface area (Å²) >= 11 is 1.64. The molecule has 0 saturated carbocycles.